The zero-order chi connectivity index (χ0) is 15.5. The molecule has 0 unspecified atom stereocenters. The summed E-state index contributed by atoms with van der Waals surface area (Å²) in [5.74, 6) is -0.817. The van der Waals surface area contributed by atoms with E-state index >= 15 is 0 Å². The highest BCUT2D eigenvalue weighted by Crippen LogP contribution is 2.32. The van der Waals surface area contributed by atoms with E-state index in [4.69, 9.17) is 9.15 Å². The Morgan fingerprint density at radius 2 is 2.14 bits per heavy atom. The number of nitrogens with zero attached hydrogens (tertiary/aromatic N) is 1. The summed E-state index contributed by atoms with van der Waals surface area (Å²) in [6.45, 7) is 1.79. The third kappa shape index (κ3) is 3.74. The molecule has 1 aromatic carbocycles. The molecule has 1 heterocycles. The van der Waals surface area contributed by atoms with Crippen LogP contribution in [0.2, 0.25) is 0 Å². The molecule has 5 nitrogen and oxygen atoms in total. The van der Waals surface area contributed by atoms with Gasteiger partial charge in [0.1, 0.15) is 12.0 Å². The fourth-order valence-electron chi connectivity index (χ4n) is 1.44. The molecule has 1 aromatic heterocycles. The molecule has 0 N–H and O–H groups in total. The van der Waals surface area contributed by atoms with Crippen LogP contribution in [0.5, 0.6) is 11.8 Å². The van der Waals surface area contributed by atoms with Crippen LogP contribution >= 0.6 is 0 Å². The third-order valence-corrected chi connectivity index (χ3v) is 2.33. The second-order valence-corrected chi connectivity index (χ2v) is 3.85. The van der Waals surface area contributed by atoms with E-state index < -0.39 is 17.7 Å². The van der Waals surface area contributed by atoms with Crippen molar-refractivity contribution >= 4 is 5.97 Å². The number of hydrogen-bond donors (Lipinski definition) is 0. The van der Waals surface area contributed by atoms with E-state index in [-0.39, 0.29) is 24.1 Å². The Kier molecular flexibility index (Phi) is 4.15. The normalized spacial score (nSPS) is 11.2. The van der Waals surface area contributed by atoms with Gasteiger partial charge < -0.3 is 13.9 Å². The van der Waals surface area contributed by atoms with Gasteiger partial charge >= 0.3 is 18.2 Å². The van der Waals surface area contributed by atoms with Crippen molar-refractivity contribution in [2.24, 2.45) is 0 Å². The average Bonchev–Trinajstić information content (AvgIpc) is 2.87. The number of rotatable bonds is 4. The summed E-state index contributed by atoms with van der Waals surface area (Å²) in [6, 6.07) is 4.21. The summed E-state index contributed by atoms with van der Waals surface area (Å²) >= 11 is 0. The van der Waals surface area contributed by atoms with Crippen molar-refractivity contribution in [2.45, 2.75) is 13.1 Å². The first-order valence-corrected chi connectivity index (χ1v) is 5.88. The van der Waals surface area contributed by atoms with Crippen molar-refractivity contribution in [1.29, 1.82) is 0 Å². The number of benzene rings is 1. The van der Waals surface area contributed by atoms with Crippen LogP contribution in [0.15, 0.2) is 34.9 Å². The topological polar surface area (TPSA) is 61.6 Å². The summed E-state index contributed by atoms with van der Waals surface area (Å²) in [4.78, 5) is 15.0. The molecule has 0 saturated heterocycles. The highest BCUT2D eigenvalue weighted by atomic mass is 19.4. The molecule has 0 spiro atoms. The van der Waals surface area contributed by atoms with Crippen LogP contribution < -0.4 is 4.74 Å². The Morgan fingerprint density at radius 3 is 2.81 bits per heavy atom. The smallest absolute Gasteiger partial charge is 0.416 e. The summed E-state index contributed by atoms with van der Waals surface area (Å²) in [5, 5.41) is 0. The molecule has 8 heteroatoms. The standard InChI is InChI=1S/C13H10F3NO4/c1-2-19-11(18)10-7-20-12(17-10)21-9-5-3-4-8(6-9)13(14,15)16/h3-7H,2H2,1H3. The van der Waals surface area contributed by atoms with Gasteiger partial charge in [0.15, 0.2) is 5.69 Å². The lowest BCUT2D eigenvalue weighted by Crippen LogP contribution is -2.05. The molecule has 0 radical (unpaired) electrons. The SMILES string of the molecule is CCOC(=O)c1coc(Oc2cccc(C(F)(F)F)c2)n1. The van der Waals surface area contributed by atoms with E-state index in [1.165, 1.54) is 12.1 Å². The van der Waals surface area contributed by atoms with E-state index in [1.54, 1.807) is 6.92 Å². The van der Waals surface area contributed by atoms with Gasteiger partial charge in [-0.15, -0.1) is 0 Å². The molecule has 2 rings (SSSR count). The zero-order valence-corrected chi connectivity index (χ0v) is 10.8. The number of ether oxygens (including phenoxy) is 2. The Labute approximate surface area is 117 Å². The number of alkyl halides is 3. The number of carbonyl (C=O) groups is 1. The minimum atomic E-state index is -4.48. The van der Waals surface area contributed by atoms with Gasteiger partial charge in [-0.3, -0.25) is 0 Å². The molecule has 2 aromatic rings. The number of hydrogen-bond acceptors (Lipinski definition) is 5. The quantitative estimate of drug-likeness (QED) is 0.806. The molecule has 112 valence electrons. The first-order valence-electron chi connectivity index (χ1n) is 5.88. The Hall–Kier alpha value is -2.51. The van der Waals surface area contributed by atoms with Crippen molar-refractivity contribution in [3.05, 3.63) is 41.8 Å². The highest BCUT2D eigenvalue weighted by molar-refractivity contribution is 5.86. The Bertz CT molecular complexity index is 636. The molecule has 0 aliphatic carbocycles. The minimum absolute atomic E-state index is 0.109. The second-order valence-electron chi connectivity index (χ2n) is 3.85. The lowest BCUT2D eigenvalue weighted by Gasteiger charge is -2.07. The van der Waals surface area contributed by atoms with Gasteiger partial charge in [-0.25, -0.2) is 4.79 Å². The van der Waals surface area contributed by atoms with Crippen LogP contribution in [0.4, 0.5) is 13.2 Å². The fraction of sp³-hybridized carbons (Fsp3) is 0.231. The van der Waals surface area contributed by atoms with E-state index in [2.05, 4.69) is 9.72 Å². The van der Waals surface area contributed by atoms with Crippen LogP contribution in [0.3, 0.4) is 0 Å². The van der Waals surface area contributed by atoms with Crippen molar-refractivity contribution < 1.29 is 31.9 Å². The molecule has 0 amide bonds. The van der Waals surface area contributed by atoms with Gasteiger partial charge in [-0.2, -0.15) is 18.2 Å². The van der Waals surface area contributed by atoms with Crippen LogP contribution in [0.25, 0.3) is 0 Å². The maximum Gasteiger partial charge on any atom is 0.416 e. The average molecular weight is 301 g/mol. The molecular formula is C13H10F3NO4. The molecule has 21 heavy (non-hydrogen) atoms. The van der Waals surface area contributed by atoms with E-state index in [9.17, 15) is 18.0 Å². The molecule has 0 bridgehead atoms. The van der Waals surface area contributed by atoms with Crippen LogP contribution in [0.1, 0.15) is 23.0 Å². The molecule has 0 saturated carbocycles. The van der Waals surface area contributed by atoms with Gasteiger partial charge in [0.2, 0.25) is 0 Å². The number of oxazole rings is 1. The summed E-state index contributed by atoms with van der Waals surface area (Å²) in [5.41, 5.74) is -0.990. The lowest BCUT2D eigenvalue weighted by molar-refractivity contribution is -0.137. The Morgan fingerprint density at radius 1 is 1.38 bits per heavy atom. The van der Waals surface area contributed by atoms with Crippen LogP contribution in [0, 0.1) is 0 Å². The molecule has 0 atom stereocenters. The predicted molar refractivity (Wildman–Crippen MR) is 64.0 cm³/mol. The summed E-state index contributed by atoms with van der Waals surface area (Å²) < 4.78 is 52.2. The third-order valence-electron chi connectivity index (χ3n) is 2.33. The Balaban J connectivity index is 2.14. The number of halogens is 3. The number of aromatic nitrogens is 1. The fourth-order valence-corrected chi connectivity index (χ4v) is 1.44. The summed E-state index contributed by atoms with van der Waals surface area (Å²) in [7, 11) is 0. The maximum absolute atomic E-state index is 12.5. The van der Waals surface area contributed by atoms with E-state index in [0.29, 0.717) is 0 Å². The minimum Gasteiger partial charge on any atom is -0.461 e. The lowest BCUT2D eigenvalue weighted by atomic mass is 10.2. The monoisotopic (exact) mass is 301 g/mol. The molecule has 0 aliphatic rings. The van der Waals surface area contributed by atoms with Crippen molar-refractivity contribution in [1.82, 2.24) is 4.98 Å². The van der Waals surface area contributed by atoms with Crippen molar-refractivity contribution in [3.8, 4) is 11.8 Å². The first kappa shape index (κ1) is 14.9. The summed E-state index contributed by atoms with van der Waals surface area (Å²) in [6.07, 6.45) is -3.83. The zero-order valence-electron chi connectivity index (χ0n) is 10.8. The van der Waals surface area contributed by atoms with Crippen LogP contribution in [-0.2, 0) is 10.9 Å². The molecular weight excluding hydrogens is 291 g/mol. The molecule has 0 aliphatic heterocycles. The predicted octanol–water partition coefficient (Wildman–Crippen LogP) is 3.66. The van der Waals surface area contributed by atoms with Gasteiger partial charge in [0, 0.05) is 0 Å². The van der Waals surface area contributed by atoms with Gasteiger partial charge in [0.25, 0.3) is 0 Å². The molecule has 0 fully saturated rings. The van der Waals surface area contributed by atoms with Crippen LogP contribution in [-0.4, -0.2) is 17.6 Å². The van der Waals surface area contributed by atoms with Gasteiger partial charge in [-0.1, -0.05) is 6.07 Å². The van der Waals surface area contributed by atoms with Gasteiger partial charge in [-0.05, 0) is 25.1 Å². The maximum atomic E-state index is 12.5. The number of carbonyl (C=O) groups excluding carboxylic acids is 1. The van der Waals surface area contributed by atoms with Crippen molar-refractivity contribution in [2.75, 3.05) is 6.61 Å². The largest absolute Gasteiger partial charge is 0.461 e. The van der Waals surface area contributed by atoms with E-state index in [1.807, 2.05) is 0 Å². The van der Waals surface area contributed by atoms with Gasteiger partial charge in [0.05, 0.1) is 12.2 Å². The highest BCUT2D eigenvalue weighted by Gasteiger charge is 2.30. The first-order chi connectivity index (χ1) is 9.90. The van der Waals surface area contributed by atoms with Crippen molar-refractivity contribution in [3.63, 3.8) is 0 Å². The number of esters is 1. The van der Waals surface area contributed by atoms with E-state index in [0.717, 1.165) is 18.4 Å². The second kappa shape index (κ2) is 5.86.